The van der Waals surface area contributed by atoms with Crippen molar-refractivity contribution in [3.63, 3.8) is 0 Å². The standard InChI is InChI=1S/C13H17N3O4/c1-9-6-10(16(18)19)2-3-12(9)13(17)15-8-11-7-14-4-5-20-11/h2-3,6,11,14H,4-5,7-8H2,1H3,(H,15,17). The molecule has 0 spiro atoms. The quantitative estimate of drug-likeness (QED) is 0.622. The van der Waals surface area contributed by atoms with E-state index < -0.39 is 4.92 Å². The van der Waals surface area contributed by atoms with Crippen LogP contribution >= 0.6 is 0 Å². The predicted octanol–water partition coefficient (Wildman–Crippen LogP) is 0.621. The number of aryl methyl sites for hydroxylation is 1. The molecule has 2 rings (SSSR count). The summed E-state index contributed by atoms with van der Waals surface area (Å²) in [5, 5.41) is 16.6. The molecule has 1 aliphatic heterocycles. The Morgan fingerprint density at radius 2 is 2.40 bits per heavy atom. The number of nitrogens with one attached hydrogen (secondary N) is 2. The van der Waals surface area contributed by atoms with E-state index in [4.69, 9.17) is 4.74 Å². The number of hydrogen-bond donors (Lipinski definition) is 2. The summed E-state index contributed by atoms with van der Waals surface area (Å²) in [6.45, 7) is 4.27. The smallest absolute Gasteiger partial charge is 0.269 e. The molecule has 1 saturated heterocycles. The Hall–Kier alpha value is -1.99. The molecule has 1 unspecified atom stereocenters. The fourth-order valence-corrected chi connectivity index (χ4v) is 2.07. The molecule has 0 aliphatic carbocycles. The van der Waals surface area contributed by atoms with Gasteiger partial charge in [-0.1, -0.05) is 0 Å². The van der Waals surface area contributed by atoms with E-state index >= 15 is 0 Å². The highest BCUT2D eigenvalue weighted by Gasteiger charge is 2.17. The number of carbonyl (C=O) groups excluding carboxylic acids is 1. The molecule has 0 aromatic heterocycles. The zero-order valence-electron chi connectivity index (χ0n) is 11.2. The number of amides is 1. The van der Waals surface area contributed by atoms with E-state index in [1.165, 1.54) is 18.2 Å². The first-order chi connectivity index (χ1) is 9.58. The predicted molar refractivity (Wildman–Crippen MR) is 72.8 cm³/mol. The van der Waals surface area contributed by atoms with Crippen LogP contribution in [-0.2, 0) is 4.74 Å². The summed E-state index contributed by atoms with van der Waals surface area (Å²) in [7, 11) is 0. The maximum absolute atomic E-state index is 12.0. The van der Waals surface area contributed by atoms with E-state index in [1.807, 2.05) is 0 Å². The number of nitro benzene ring substituents is 1. The summed E-state index contributed by atoms with van der Waals surface area (Å²) in [6, 6.07) is 4.21. The number of benzene rings is 1. The van der Waals surface area contributed by atoms with Gasteiger partial charge in [0.2, 0.25) is 0 Å². The molecule has 1 aromatic rings. The van der Waals surface area contributed by atoms with Crippen LogP contribution in [0.25, 0.3) is 0 Å². The lowest BCUT2D eigenvalue weighted by molar-refractivity contribution is -0.384. The van der Waals surface area contributed by atoms with Gasteiger partial charge in [-0.3, -0.25) is 14.9 Å². The van der Waals surface area contributed by atoms with Crippen molar-refractivity contribution >= 4 is 11.6 Å². The van der Waals surface area contributed by atoms with Crippen molar-refractivity contribution in [3.05, 3.63) is 39.4 Å². The normalized spacial score (nSPS) is 18.6. The summed E-state index contributed by atoms with van der Waals surface area (Å²) in [6.07, 6.45) is -0.0361. The molecule has 20 heavy (non-hydrogen) atoms. The van der Waals surface area contributed by atoms with Crippen molar-refractivity contribution < 1.29 is 14.5 Å². The van der Waals surface area contributed by atoms with Crippen LogP contribution in [0.15, 0.2) is 18.2 Å². The molecule has 0 radical (unpaired) electrons. The van der Waals surface area contributed by atoms with Crippen LogP contribution < -0.4 is 10.6 Å². The van der Waals surface area contributed by atoms with E-state index in [-0.39, 0.29) is 17.7 Å². The van der Waals surface area contributed by atoms with Crippen LogP contribution in [-0.4, -0.2) is 43.2 Å². The maximum atomic E-state index is 12.0. The molecule has 2 N–H and O–H groups in total. The van der Waals surface area contributed by atoms with Crippen LogP contribution in [0.4, 0.5) is 5.69 Å². The minimum Gasteiger partial charge on any atom is -0.374 e. The van der Waals surface area contributed by atoms with Gasteiger partial charge in [0.05, 0.1) is 17.6 Å². The Morgan fingerprint density at radius 3 is 3.00 bits per heavy atom. The van der Waals surface area contributed by atoms with Crippen molar-refractivity contribution in [2.75, 3.05) is 26.2 Å². The van der Waals surface area contributed by atoms with Gasteiger partial charge in [-0.2, -0.15) is 0 Å². The highest BCUT2D eigenvalue weighted by atomic mass is 16.6. The fraction of sp³-hybridized carbons (Fsp3) is 0.462. The molecular formula is C13H17N3O4. The second-order valence-electron chi connectivity index (χ2n) is 4.66. The minimum atomic E-state index is -0.476. The maximum Gasteiger partial charge on any atom is 0.269 e. The van der Waals surface area contributed by atoms with Crippen molar-refractivity contribution in [3.8, 4) is 0 Å². The highest BCUT2D eigenvalue weighted by molar-refractivity contribution is 5.95. The molecule has 7 heteroatoms. The zero-order chi connectivity index (χ0) is 14.5. The van der Waals surface area contributed by atoms with Crippen LogP contribution in [0.2, 0.25) is 0 Å². The van der Waals surface area contributed by atoms with Gasteiger partial charge in [-0.05, 0) is 18.6 Å². The van der Waals surface area contributed by atoms with Gasteiger partial charge in [0.25, 0.3) is 11.6 Å². The topological polar surface area (TPSA) is 93.5 Å². The molecule has 1 aromatic carbocycles. The first-order valence-corrected chi connectivity index (χ1v) is 6.43. The Labute approximate surface area is 116 Å². The van der Waals surface area contributed by atoms with E-state index in [0.717, 1.165) is 6.54 Å². The lowest BCUT2D eigenvalue weighted by atomic mass is 10.1. The van der Waals surface area contributed by atoms with Crippen LogP contribution in [0, 0.1) is 17.0 Å². The molecule has 7 nitrogen and oxygen atoms in total. The van der Waals surface area contributed by atoms with Gasteiger partial charge in [-0.15, -0.1) is 0 Å². The molecule has 1 aliphatic rings. The number of carbonyl (C=O) groups is 1. The molecule has 1 atom stereocenters. The average molecular weight is 279 g/mol. The van der Waals surface area contributed by atoms with E-state index in [0.29, 0.717) is 30.8 Å². The zero-order valence-corrected chi connectivity index (χ0v) is 11.2. The summed E-state index contributed by atoms with van der Waals surface area (Å²) in [4.78, 5) is 22.2. The number of nitro groups is 1. The monoisotopic (exact) mass is 279 g/mol. The first-order valence-electron chi connectivity index (χ1n) is 6.43. The molecule has 108 valence electrons. The minimum absolute atomic E-state index is 0.0149. The van der Waals surface area contributed by atoms with Crippen molar-refractivity contribution in [1.82, 2.24) is 10.6 Å². The average Bonchev–Trinajstić information content (AvgIpc) is 2.45. The molecule has 1 fully saturated rings. The summed E-state index contributed by atoms with van der Waals surface area (Å²) >= 11 is 0. The second-order valence-corrected chi connectivity index (χ2v) is 4.66. The second kappa shape index (κ2) is 6.44. The van der Waals surface area contributed by atoms with E-state index in [9.17, 15) is 14.9 Å². The largest absolute Gasteiger partial charge is 0.374 e. The van der Waals surface area contributed by atoms with Crippen LogP contribution in [0.1, 0.15) is 15.9 Å². The van der Waals surface area contributed by atoms with E-state index in [2.05, 4.69) is 10.6 Å². The summed E-state index contributed by atoms with van der Waals surface area (Å²) < 4.78 is 5.48. The van der Waals surface area contributed by atoms with Gasteiger partial charge in [0.15, 0.2) is 0 Å². The molecular weight excluding hydrogens is 262 g/mol. The third kappa shape index (κ3) is 3.52. The lowest BCUT2D eigenvalue weighted by Crippen LogP contribution is -2.45. The Bertz CT molecular complexity index is 512. The number of non-ortho nitro benzene ring substituents is 1. The number of rotatable bonds is 4. The van der Waals surface area contributed by atoms with E-state index in [1.54, 1.807) is 6.92 Å². The van der Waals surface area contributed by atoms with Crippen LogP contribution in [0.3, 0.4) is 0 Å². The number of ether oxygens (including phenoxy) is 1. The number of morpholine rings is 1. The Balaban J connectivity index is 1.96. The van der Waals surface area contributed by atoms with Crippen molar-refractivity contribution in [1.29, 1.82) is 0 Å². The number of nitrogens with zero attached hydrogens (tertiary/aromatic N) is 1. The lowest BCUT2D eigenvalue weighted by Gasteiger charge is -2.23. The SMILES string of the molecule is Cc1cc([N+](=O)[O-])ccc1C(=O)NCC1CNCCO1. The van der Waals surface area contributed by atoms with Gasteiger partial charge in [0, 0.05) is 37.3 Å². The van der Waals surface area contributed by atoms with Crippen molar-refractivity contribution in [2.24, 2.45) is 0 Å². The summed E-state index contributed by atoms with van der Waals surface area (Å²) in [5.74, 6) is -0.244. The Morgan fingerprint density at radius 1 is 1.60 bits per heavy atom. The van der Waals surface area contributed by atoms with Gasteiger partial charge < -0.3 is 15.4 Å². The van der Waals surface area contributed by atoms with Crippen LogP contribution in [0.5, 0.6) is 0 Å². The highest BCUT2D eigenvalue weighted by Crippen LogP contribution is 2.17. The third-order valence-corrected chi connectivity index (χ3v) is 3.16. The Kier molecular flexibility index (Phi) is 4.65. The van der Waals surface area contributed by atoms with Crippen molar-refractivity contribution in [2.45, 2.75) is 13.0 Å². The van der Waals surface area contributed by atoms with Gasteiger partial charge in [0.1, 0.15) is 0 Å². The fourth-order valence-electron chi connectivity index (χ4n) is 2.07. The first kappa shape index (κ1) is 14.4. The third-order valence-electron chi connectivity index (χ3n) is 3.16. The van der Waals surface area contributed by atoms with Gasteiger partial charge >= 0.3 is 0 Å². The molecule has 0 saturated carbocycles. The van der Waals surface area contributed by atoms with Gasteiger partial charge in [-0.25, -0.2) is 0 Å². The summed E-state index contributed by atoms with van der Waals surface area (Å²) in [5.41, 5.74) is 1.01. The molecule has 0 bridgehead atoms. The molecule has 1 amide bonds. The molecule has 1 heterocycles. The number of hydrogen-bond acceptors (Lipinski definition) is 5.